The summed E-state index contributed by atoms with van der Waals surface area (Å²) in [5.41, 5.74) is 1.39. The lowest BCUT2D eigenvalue weighted by atomic mass is 10.2. The third-order valence-electron chi connectivity index (χ3n) is 3.08. The summed E-state index contributed by atoms with van der Waals surface area (Å²) in [5.74, 6) is 0.160. The van der Waals surface area contributed by atoms with Crippen LogP contribution in [0.15, 0.2) is 68.0 Å². The van der Waals surface area contributed by atoms with Crippen molar-refractivity contribution in [3.05, 3.63) is 53.6 Å². The molecule has 0 unspecified atom stereocenters. The molecule has 0 aliphatic carbocycles. The molecule has 3 rings (SSSR count). The number of aromatic hydroxyl groups is 2. The fourth-order valence-electron chi connectivity index (χ4n) is 1.95. The van der Waals surface area contributed by atoms with Crippen LogP contribution >= 0.6 is 11.8 Å². The molecular weight excluding hydrogens is 288 g/mol. The lowest BCUT2D eigenvalue weighted by molar-refractivity contribution is 0.445. The van der Waals surface area contributed by atoms with E-state index < -0.39 is 4.99 Å². The van der Waals surface area contributed by atoms with Gasteiger partial charge in [0.2, 0.25) is 0 Å². The second kappa shape index (κ2) is 5.17. The average Bonchev–Trinajstić information content (AvgIpc) is 2.96. The first kappa shape index (κ1) is 13.6. The number of hydrogen-bond donors (Lipinski definition) is 2. The van der Waals surface area contributed by atoms with Crippen LogP contribution in [-0.4, -0.2) is 10.2 Å². The molecule has 1 aliphatic heterocycles. The van der Waals surface area contributed by atoms with Crippen molar-refractivity contribution >= 4 is 11.8 Å². The molecule has 2 N–H and O–H groups in total. The predicted molar refractivity (Wildman–Crippen MR) is 78.2 cm³/mol. The molecule has 21 heavy (non-hydrogen) atoms. The van der Waals surface area contributed by atoms with Crippen LogP contribution in [0.2, 0.25) is 0 Å². The summed E-state index contributed by atoms with van der Waals surface area (Å²) in [6.07, 6.45) is 0. The topological polar surface area (TPSA) is 89.9 Å². The Kier molecular flexibility index (Phi) is 3.34. The van der Waals surface area contributed by atoms with Crippen LogP contribution < -0.4 is 0 Å². The van der Waals surface area contributed by atoms with Crippen molar-refractivity contribution in [2.75, 3.05) is 0 Å². The van der Waals surface area contributed by atoms with Gasteiger partial charge in [0.15, 0.2) is 0 Å². The summed E-state index contributed by atoms with van der Waals surface area (Å²) in [5, 5.41) is 35.3. The van der Waals surface area contributed by atoms with E-state index >= 15 is 0 Å². The van der Waals surface area contributed by atoms with Crippen LogP contribution in [0.4, 0.5) is 0 Å². The standard InChI is InChI=1S/C14H12N4O2S/c1-9-7-12(20)13(8-11(9)19)21-14(15-17-18-16-14)10-5-3-2-4-6-10/h2-8,19-20H,1H3. The average molecular weight is 300 g/mol. The number of benzene rings is 2. The van der Waals surface area contributed by atoms with Gasteiger partial charge in [-0.05, 0) is 35.1 Å². The molecular formula is C14H12N4O2S. The van der Waals surface area contributed by atoms with Crippen LogP contribution in [0.5, 0.6) is 11.5 Å². The van der Waals surface area contributed by atoms with Crippen molar-refractivity contribution < 1.29 is 10.2 Å². The first-order valence-corrected chi connectivity index (χ1v) is 7.03. The quantitative estimate of drug-likeness (QED) is 0.834. The van der Waals surface area contributed by atoms with Gasteiger partial charge in [0, 0.05) is 5.56 Å². The first-order valence-electron chi connectivity index (χ1n) is 6.22. The largest absolute Gasteiger partial charge is 0.508 e. The maximum absolute atomic E-state index is 10.1. The molecule has 2 aromatic carbocycles. The molecule has 0 bridgehead atoms. The van der Waals surface area contributed by atoms with Crippen molar-refractivity contribution in [1.29, 1.82) is 0 Å². The fourth-order valence-corrected chi connectivity index (χ4v) is 3.00. The first-order chi connectivity index (χ1) is 10.1. The van der Waals surface area contributed by atoms with Crippen LogP contribution in [0.1, 0.15) is 11.1 Å². The molecule has 0 atom stereocenters. The van der Waals surface area contributed by atoms with Crippen molar-refractivity contribution in [3.63, 3.8) is 0 Å². The van der Waals surface area contributed by atoms with E-state index in [-0.39, 0.29) is 11.5 Å². The second-order valence-corrected chi connectivity index (χ2v) is 5.77. The Morgan fingerprint density at radius 3 is 2.29 bits per heavy atom. The Labute approximate surface area is 125 Å². The Bertz CT molecular complexity index is 719. The van der Waals surface area contributed by atoms with E-state index in [0.717, 1.165) is 5.56 Å². The van der Waals surface area contributed by atoms with Crippen LogP contribution in [-0.2, 0) is 4.99 Å². The van der Waals surface area contributed by atoms with Gasteiger partial charge in [-0.2, -0.15) is 0 Å². The van der Waals surface area contributed by atoms with Gasteiger partial charge in [-0.3, -0.25) is 0 Å². The minimum absolute atomic E-state index is 0.0582. The Hall–Kier alpha value is -2.41. The van der Waals surface area contributed by atoms with E-state index in [1.165, 1.54) is 23.9 Å². The molecule has 0 spiro atoms. The highest BCUT2D eigenvalue weighted by Gasteiger charge is 2.37. The molecule has 0 aromatic heterocycles. The van der Waals surface area contributed by atoms with Crippen LogP contribution in [0, 0.1) is 6.92 Å². The highest BCUT2D eigenvalue weighted by Crippen LogP contribution is 2.49. The molecule has 1 aliphatic rings. The fraction of sp³-hybridized carbons (Fsp3) is 0.143. The number of phenolic OH excluding ortho intramolecular Hbond substituents is 2. The number of hydrogen-bond acceptors (Lipinski definition) is 7. The Balaban J connectivity index is 2.04. The lowest BCUT2D eigenvalue weighted by Crippen LogP contribution is -2.13. The number of thioether (sulfide) groups is 1. The van der Waals surface area contributed by atoms with Gasteiger partial charge in [0.05, 0.1) is 4.90 Å². The van der Waals surface area contributed by atoms with E-state index in [0.29, 0.717) is 10.5 Å². The Morgan fingerprint density at radius 2 is 1.62 bits per heavy atom. The van der Waals surface area contributed by atoms with E-state index in [9.17, 15) is 10.2 Å². The summed E-state index contributed by atoms with van der Waals surface area (Å²) in [4.78, 5) is -0.609. The molecule has 7 heteroatoms. The minimum Gasteiger partial charge on any atom is -0.508 e. The molecule has 0 saturated carbocycles. The highest BCUT2D eigenvalue weighted by molar-refractivity contribution is 8.00. The number of aryl methyl sites for hydroxylation is 1. The highest BCUT2D eigenvalue weighted by atomic mass is 32.2. The molecule has 2 aromatic rings. The van der Waals surface area contributed by atoms with Gasteiger partial charge in [0.25, 0.3) is 4.99 Å². The normalized spacial score (nSPS) is 15.5. The zero-order chi connectivity index (χ0) is 14.9. The van der Waals surface area contributed by atoms with E-state index in [2.05, 4.69) is 20.7 Å². The lowest BCUT2D eigenvalue weighted by Gasteiger charge is -2.20. The second-order valence-electron chi connectivity index (χ2n) is 4.56. The molecule has 106 valence electrons. The van der Waals surface area contributed by atoms with Crippen LogP contribution in [0.25, 0.3) is 0 Å². The Morgan fingerprint density at radius 1 is 0.952 bits per heavy atom. The van der Waals surface area contributed by atoms with E-state index in [1.54, 1.807) is 6.92 Å². The third kappa shape index (κ3) is 2.47. The summed E-state index contributed by atoms with van der Waals surface area (Å²) in [6, 6.07) is 12.3. The van der Waals surface area contributed by atoms with E-state index in [1.807, 2.05) is 30.3 Å². The summed E-state index contributed by atoms with van der Waals surface area (Å²) in [6.45, 7) is 1.71. The number of nitrogens with zero attached hydrogens (tertiary/aromatic N) is 4. The van der Waals surface area contributed by atoms with Crippen molar-refractivity contribution in [3.8, 4) is 11.5 Å². The van der Waals surface area contributed by atoms with Gasteiger partial charge in [0.1, 0.15) is 11.5 Å². The molecule has 1 heterocycles. The van der Waals surface area contributed by atoms with Gasteiger partial charge in [-0.15, -0.1) is 10.2 Å². The van der Waals surface area contributed by atoms with Crippen molar-refractivity contribution in [2.45, 2.75) is 16.8 Å². The summed E-state index contributed by atoms with van der Waals surface area (Å²) < 4.78 is 0. The van der Waals surface area contributed by atoms with Gasteiger partial charge < -0.3 is 10.2 Å². The smallest absolute Gasteiger partial charge is 0.270 e. The maximum Gasteiger partial charge on any atom is 0.270 e. The molecule has 0 amide bonds. The molecule has 0 saturated heterocycles. The SMILES string of the molecule is Cc1cc(O)c(SC2(c3ccccc3)N=NN=N2)cc1O. The van der Waals surface area contributed by atoms with Gasteiger partial charge in [-0.25, -0.2) is 0 Å². The molecule has 6 nitrogen and oxygen atoms in total. The minimum atomic E-state index is -1.07. The zero-order valence-corrected chi connectivity index (χ0v) is 11.9. The zero-order valence-electron chi connectivity index (χ0n) is 11.1. The molecule has 0 radical (unpaired) electrons. The monoisotopic (exact) mass is 300 g/mol. The van der Waals surface area contributed by atoms with Crippen LogP contribution in [0.3, 0.4) is 0 Å². The van der Waals surface area contributed by atoms with Gasteiger partial charge in [-0.1, -0.05) is 42.1 Å². The van der Waals surface area contributed by atoms with Crippen molar-refractivity contribution in [2.24, 2.45) is 20.7 Å². The molecule has 0 fully saturated rings. The third-order valence-corrected chi connectivity index (χ3v) is 4.31. The maximum atomic E-state index is 10.1. The van der Waals surface area contributed by atoms with Gasteiger partial charge >= 0.3 is 0 Å². The van der Waals surface area contributed by atoms with Crippen molar-refractivity contribution in [1.82, 2.24) is 0 Å². The summed E-state index contributed by atoms with van der Waals surface area (Å²) >= 11 is 1.17. The number of rotatable bonds is 3. The van der Waals surface area contributed by atoms with E-state index in [4.69, 9.17) is 0 Å². The predicted octanol–water partition coefficient (Wildman–Crippen LogP) is 4.14. The number of phenols is 2. The summed E-state index contributed by atoms with van der Waals surface area (Å²) in [7, 11) is 0.